The molecule has 0 radical (unpaired) electrons. The summed E-state index contributed by atoms with van der Waals surface area (Å²) in [5, 5.41) is 6.27. The minimum absolute atomic E-state index is 0.177. The molecule has 26 heavy (non-hydrogen) atoms. The van der Waals surface area contributed by atoms with Crippen molar-refractivity contribution in [2.24, 2.45) is 0 Å². The Bertz CT molecular complexity index is 793. The first-order valence-corrected chi connectivity index (χ1v) is 8.97. The van der Waals surface area contributed by atoms with Crippen molar-refractivity contribution in [2.45, 2.75) is 13.3 Å². The molecule has 7 nitrogen and oxygen atoms in total. The van der Waals surface area contributed by atoms with Gasteiger partial charge in [-0.1, -0.05) is 18.5 Å². The zero-order valence-electron chi connectivity index (χ0n) is 14.9. The molecule has 0 saturated carbocycles. The fourth-order valence-electron chi connectivity index (χ4n) is 2.77. The van der Waals surface area contributed by atoms with Gasteiger partial charge in [0.15, 0.2) is 5.82 Å². The van der Waals surface area contributed by atoms with E-state index in [1.54, 1.807) is 13.2 Å². The van der Waals surface area contributed by atoms with E-state index in [1.807, 2.05) is 25.1 Å². The fourth-order valence-corrected chi connectivity index (χ4v) is 2.91. The number of hydrogen-bond donors (Lipinski definition) is 2. The van der Waals surface area contributed by atoms with Crippen LogP contribution in [0.25, 0.3) is 0 Å². The van der Waals surface area contributed by atoms with Crippen LogP contribution in [0.15, 0.2) is 24.4 Å². The molecule has 0 unspecified atom stereocenters. The van der Waals surface area contributed by atoms with E-state index in [9.17, 15) is 4.79 Å². The normalized spacial score (nSPS) is 14.2. The first kappa shape index (κ1) is 18.4. The molecule has 1 aromatic carbocycles. The molecular formula is C18H22ClN5O2. The van der Waals surface area contributed by atoms with Crippen molar-refractivity contribution in [3.05, 3.63) is 40.8 Å². The Labute approximate surface area is 157 Å². The fraction of sp³-hybridized carbons (Fsp3) is 0.389. The molecule has 1 saturated heterocycles. The Morgan fingerprint density at radius 2 is 2.12 bits per heavy atom. The lowest BCUT2D eigenvalue weighted by atomic mass is 10.1. The number of anilines is 3. The molecule has 0 spiro atoms. The summed E-state index contributed by atoms with van der Waals surface area (Å²) in [6, 6.07) is 5.73. The maximum absolute atomic E-state index is 12.4. The van der Waals surface area contributed by atoms with Crippen LogP contribution in [0, 0.1) is 0 Å². The highest BCUT2D eigenvalue weighted by Crippen LogP contribution is 2.29. The Morgan fingerprint density at radius 1 is 1.35 bits per heavy atom. The van der Waals surface area contributed by atoms with Crippen LogP contribution in [0.3, 0.4) is 0 Å². The van der Waals surface area contributed by atoms with E-state index in [0.29, 0.717) is 47.6 Å². The molecule has 1 aromatic heterocycles. The van der Waals surface area contributed by atoms with Gasteiger partial charge in [-0.05, 0) is 18.2 Å². The molecule has 1 fully saturated rings. The van der Waals surface area contributed by atoms with Crippen molar-refractivity contribution in [2.75, 3.05) is 43.6 Å². The number of hydrogen-bond acceptors (Lipinski definition) is 6. The molecule has 2 heterocycles. The lowest BCUT2D eigenvalue weighted by Crippen LogP contribution is -2.36. The van der Waals surface area contributed by atoms with E-state index >= 15 is 0 Å². The smallest absolute Gasteiger partial charge is 0.253 e. The van der Waals surface area contributed by atoms with Gasteiger partial charge < -0.3 is 20.3 Å². The molecule has 8 heteroatoms. The third kappa shape index (κ3) is 4.05. The van der Waals surface area contributed by atoms with Gasteiger partial charge >= 0.3 is 0 Å². The number of nitrogens with one attached hydrogen (secondary N) is 2. The molecule has 138 valence electrons. The predicted octanol–water partition coefficient (Wildman–Crippen LogP) is 2.63. The van der Waals surface area contributed by atoms with E-state index in [2.05, 4.69) is 25.5 Å². The molecule has 1 amide bonds. The molecule has 2 N–H and O–H groups in total. The Morgan fingerprint density at radius 3 is 2.81 bits per heavy atom. The molecule has 3 rings (SSSR count). The minimum atomic E-state index is -0.177. The van der Waals surface area contributed by atoms with Crippen LogP contribution < -0.4 is 15.5 Å². The molecule has 0 atom stereocenters. The number of morpholine rings is 1. The molecule has 1 aliphatic heterocycles. The van der Waals surface area contributed by atoms with Gasteiger partial charge in [0.25, 0.3) is 5.91 Å². The van der Waals surface area contributed by atoms with Gasteiger partial charge in [-0.2, -0.15) is 0 Å². The second-order valence-electron chi connectivity index (χ2n) is 5.87. The summed E-state index contributed by atoms with van der Waals surface area (Å²) in [6.45, 7) is 4.95. The Balaban J connectivity index is 1.94. The number of carbonyl (C=O) groups is 1. The highest BCUT2D eigenvalue weighted by Gasteiger charge is 2.17. The van der Waals surface area contributed by atoms with E-state index in [-0.39, 0.29) is 5.91 Å². The number of rotatable bonds is 5. The van der Waals surface area contributed by atoms with Gasteiger partial charge in [0.1, 0.15) is 10.8 Å². The van der Waals surface area contributed by atoms with Crippen molar-refractivity contribution in [1.82, 2.24) is 15.3 Å². The monoisotopic (exact) mass is 375 g/mol. The van der Waals surface area contributed by atoms with Crippen molar-refractivity contribution >= 4 is 34.7 Å². The van der Waals surface area contributed by atoms with Crippen molar-refractivity contribution in [3.8, 4) is 0 Å². The third-order valence-corrected chi connectivity index (χ3v) is 4.49. The molecule has 2 aromatic rings. The number of benzene rings is 1. The first-order valence-electron chi connectivity index (χ1n) is 8.59. The van der Waals surface area contributed by atoms with E-state index < -0.39 is 0 Å². The summed E-state index contributed by atoms with van der Waals surface area (Å²) in [5.41, 5.74) is 2.16. The average Bonchev–Trinajstić information content (AvgIpc) is 2.70. The lowest BCUT2D eigenvalue weighted by Gasteiger charge is -2.29. The molecular weight excluding hydrogens is 354 g/mol. The van der Waals surface area contributed by atoms with Gasteiger partial charge in [0, 0.05) is 32.2 Å². The standard InChI is InChI=1S/C18H22ClN5O2/c1-3-16-21-11-14(19)17(23-16)22-15-5-4-12(10-13(15)18(25)20-2)24-6-8-26-9-7-24/h4-5,10-11H,3,6-9H2,1-2H3,(H,20,25)(H,21,22,23). The summed E-state index contributed by atoms with van der Waals surface area (Å²) >= 11 is 6.21. The molecule has 0 aliphatic carbocycles. The van der Waals surface area contributed by atoms with Crippen LogP contribution in [0.1, 0.15) is 23.1 Å². The zero-order valence-corrected chi connectivity index (χ0v) is 15.6. The maximum atomic E-state index is 12.4. The number of carbonyl (C=O) groups excluding carboxylic acids is 1. The van der Waals surface area contributed by atoms with Crippen LogP contribution in [-0.4, -0.2) is 49.2 Å². The number of halogens is 1. The van der Waals surface area contributed by atoms with Gasteiger partial charge in [0.2, 0.25) is 0 Å². The summed E-state index contributed by atoms with van der Waals surface area (Å²) < 4.78 is 5.40. The van der Waals surface area contributed by atoms with Gasteiger partial charge in [-0.3, -0.25) is 4.79 Å². The van der Waals surface area contributed by atoms with Gasteiger partial charge in [-0.25, -0.2) is 9.97 Å². The number of aryl methyl sites for hydroxylation is 1. The largest absolute Gasteiger partial charge is 0.378 e. The summed E-state index contributed by atoms with van der Waals surface area (Å²) in [4.78, 5) is 23.2. The second kappa shape index (κ2) is 8.33. The van der Waals surface area contributed by atoms with Crippen molar-refractivity contribution < 1.29 is 9.53 Å². The number of amides is 1. The van der Waals surface area contributed by atoms with Crippen molar-refractivity contribution in [1.29, 1.82) is 0 Å². The Kier molecular flexibility index (Phi) is 5.90. The summed E-state index contributed by atoms with van der Waals surface area (Å²) in [7, 11) is 1.61. The minimum Gasteiger partial charge on any atom is -0.378 e. The topological polar surface area (TPSA) is 79.4 Å². The second-order valence-corrected chi connectivity index (χ2v) is 6.28. The average molecular weight is 376 g/mol. The SMILES string of the molecule is CCc1ncc(Cl)c(Nc2ccc(N3CCOCC3)cc2C(=O)NC)n1. The third-order valence-electron chi connectivity index (χ3n) is 4.21. The van der Waals surface area contributed by atoms with E-state index in [4.69, 9.17) is 16.3 Å². The highest BCUT2D eigenvalue weighted by atomic mass is 35.5. The zero-order chi connectivity index (χ0) is 18.5. The van der Waals surface area contributed by atoms with Crippen LogP contribution in [0.4, 0.5) is 17.2 Å². The van der Waals surface area contributed by atoms with Gasteiger partial charge in [-0.15, -0.1) is 0 Å². The number of nitrogens with zero attached hydrogens (tertiary/aromatic N) is 3. The van der Waals surface area contributed by atoms with Crippen molar-refractivity contribution in [3.63, 3.8) is 0 Å². The maximum Gasteiger partial charge on any atom is 0.253 e. The van der Waals surface area contributed by atoms with Crippen LogP contribution in [0.5, 0.6) is 0 Å². The number of aromatic nitrogens is 2. The summed E-state index contributed by atoms with van der Waals surface area (Å²) in [5.74, 6) is 0.995. The van der Waals surface area contributed by atoms with E-state index in [0.717, 1.165) is 18.8 Å². The number of ether oxygens (including phenoxy) is 1. The van der Waals surface area contributed by atoms with Crippen LogP contribution >= 0.6 is 11.6 Å². The lowest BCUT2D eigenvalue weighted by molar-refractivity contribution is 0.0964. The first-order chi connectivity index (χ1) is 12.6. The van der Waals surface area contributed by atoms with Crippen LogP contribution in [0.2, 0.25) is 5.02 Å². The van der Waals surface area contributed by atoms with E-state index in [1.165, 1.54) is 0 Å². The predicted molar refractivity (Wildman–Crippen MR) is 103 cm³/mol. The van der Waals surface area contributed by atoms with Gasteiger partial charge in [0.05, 0.1) is 30.7 Å². The molecule has 0 bridgehead atoms. The summed E-state index contributed by atoms with van der Waals surface area (Å²) in [6.07, 6.45) is 2.27. The Hall–Kier alpha value is -2.38. The van der Waals surface area contributed by atoms with Crippen LogP contribution in [-0.2, 0) is 11.2 Å². The molecule has 1 aliphatic rings. The highest BCUT2D eigenvalue weighted by molar-refractivity contribution is 6.32. The quantitative estimate of drug-likeness (QED) is 0.836.